The minimum absolute atomic E-state index is 0.101. The Hall–Kier alpha value is -3.65. The van der Waals surface area contributed by atoms with Gasteiger partial charge >= 0.3 is 0 Å². The number of aryl methyl sites for hydroxylation is 4. The van der Waals surface area contributed by atoms with E-state index in [2.05, 4.69) is 5.32 Å². The third kappa shape index (κ3) is 8.43. The van der Waals surface area contributed by atoms with E-state index in [1.807, 2.05) is 71.9 Å². The number of carbonyl (C=O) groups is 2. The first-order valence-corrected chi connectivity index (χ1v) is 15.7. The zero-order valence-electron chi connectivity index (χ0n) is 25.1. The van der Waals surface area contributed by atoms with Crippen molar-refractivity contribution in [2.24, 2.45) is 0 Å². The summed E-state index contributed by atoms with van der Waals surface area (Å²) in [7, 11) is -4.10. The Balaban J connectivity index is 2.06. The van der Waals surface area contributed by atoms with Crippen LogP contribution in [0.1, 0.15) is 60.9 Å². The predicted octanol–water partition coefficient (Wildman–Crippen LogP) is 5.84. The number of carbonyl (C=O) groups excluding carboxylic acids is 2. The number of anilines is 1. The fourth-order valence-electron chi connectivity index (χ4n) is 4.78. The first kappa shape index (κ1) is 31.9. The average Bonchev–Trinajstić information content (AvgIpc) is 2.92. The van der Waals surface area contributed by atoms with Crippen LogP contribution in [0.15, 0.2) is 71.6 Å². The van der Waals surface area contributed by atoms with Crippen LogP contribution in [0, 0.1) is 27.7 Å². The number of nitrogens with one attached hydrogen (secondary N) is 1. The molecular formula is C33H43N3O4S. The van der Waals surface area contributed by atoms with Gasteiger partial charge in [0.2, 0.25) is 11.8 Å². The molecule has 0 aliphatic rings. The SMILES string of the molecule is CCCCNC(=O)C(CC)N(Cc1ccc(C)cc1)C(=O)CN(c1cc(C)cc(C)c1)S(=O)(=O)c1ccc(C)cc1. The van der Waals surface area contributed by atoms with E-state index in [9.17, 15) is 18.0 Å². The van der Waals surface area contributed by atoms with E-state index in [4.69, 9.17) is 0 Å². The Labute approximate surface area is 245 Å². The highest BCUT2D eigenvalue weighted by atomic mass is 32.2. The summed E-state index contributed by atoms with van der Waals surface area (Å²) >= 11 is 0. The molecule has 2 amide bonds. The third-order valence-corrected chi connectivity index (χ3v) is 8.86. The lowest BCUT2D eigenvalue weighted by Gasteiger charge is -2.33. The first-order valence-electron chi connectivity index (χ1n) is 14.3. The summed E-state index contributed by atoms with van der Waals surface area (Å²) in [5.41, 5.74) is 5.06. The fraction of sp³-hybridized carbons (Fsp3) is 0.394. The van der Waals surface area contributed by atoms with Crippen molar-refractivity contribution in [2.45, 2.75) is 78.3 Å². The zero-order valence-corrected chi connectivity index (χ0v) is 25.9. The molecule has 0 heterocycles. The van der Waals surface area contributed by atoms with Crippen LogP contribution < -0.4 is 9.62 Å². The number of amides is 2. The molecule has 0 fully saturated rings. The molecule has 0 bridgehead atoms. The van der Waals surface area contributed by atoms with Crippen molar-refractivity contribution in [3.63, 3.8) is 0 Å². The predicted molar refractivity (Wildman–Crippen MR) is 165 cm³/mol. The second-order valence-electron chi connectivity index (χ2n) is 10.7. The maximum Gasteiger partial charge on any atom is 0.264 e. The van der Waals surface area contributed by atoms with Crippen molar-refractivity contribution in [3.05, 3.63) is 94.5 Å². The van der Waals surface area contributed by atoms with Gasteiger partial charge in [-0.3, -0.25) is 13.9 Å². The van der Waals surface area contributed by atoms with Crippen molar-refractivity contribution in [2.75, 3.05) is 17.4 Å². The van der Waals surface area contributed by atoms with Gasteiger partial charge < -0.3 is 10.2 Å². The highest BCUT2D eigenvalue weighted by molar-refractivity contribution is 7.92. The van der Waals surface area contributed by atoms with Crippen LogP contribution in [0.25, 0.3) is 0 Å². The van der Waals surface area contributed by atoms with Crippen LogP contribution in [-0.4, -0.2) is 44.3 Å². The zero-order chi connectivity index (χ0) is 30.2. The van der Waals surface area contributed by atoms with E-state index in [0.29, 0.717) is 18.7 Å². The minimum Gasteiger partial charge on any atom is -0.354 e. The highest BCUT2D eigenvalue weighted by Crippen LogP contribution is 2.27. The molecule has 3 aromatic rings. The number of benzene rings is 3. The molecule has 0 saturated heterocycles. The van der Waals surface area contributed by atoms with Gasteiger partial charge in [0.05, 0.1) is 10.6 Å². The first-order chi connectivity index (χ1) is 19.5. The van der Waals surface area contributed by atoms with Gasteiger partial charge in [-0.25, -0.2) is 8.42 Å². The van der Waals surface area contributed by atoms with Gasteiger partial charge in [-0.05, 0) is 81.5 Å². The fourth-order valence-corrected chi connectivity index (χ4v) is 6.17. The molecule has 0 aliphatic heterocycles. The second kappa shape index (κ2) is 14.3. The van der Waals surface area contributed by atoms with E-state index in [-0.39, 0.29) is 17.3 Å². The summed E-state index contributed by atoms with van der Waals surface area (Å²) in [5.74, 6) is -0.682. The lowest BCUT2D eigenvalue weighted by Crippen LogP contribution is -2.52. The lowest BCUT2D eigenvalue weighted by atomic mass is 10.1. The molecule has 3 aromatic carbocycles. The average molecular weight is 578 g/mol. The molecule has 7 nitrogen and oxygen atoms in total. The Bertz CT molecular complexity index is 1410. The summed E-state index contributed by atoms with van der Waals surface area (Å²) in [6, 6.07) is 19.1. The number of nitrogens with zero attached hydrogens (tertiary/aromatic N) is 2. The van der Waals surface area contributed by atoms with E-state index in [1.54, 1.807) is 36.4 Å². The quantitative estimate of drug-likeness (QED) is 0.259. The minimum atomic E-state index is -4.10. The van der Waals surface area contributed by atoms with Gasteiger partial charge in [0.25, 0.3) is 10.0 Å². The van der Waals surface area contributed by atoms with Crippen LogP contribution in [0.5, 0.6) is 0 Å². The van der Waals surface area contributed by atoms with Gasteiger partial charge in [-0.1, -0.05) is 73.9 Å². The molecule has 0 aliphatic carbocycles. The topological polar surface area (TPSA) is 86.8 Å². The molecule has 0 radical (unpaired) electrons. The molecule has 0 saturated carbocycles. The second-order valence-corrected chi connectivity index (χ2v) is 12.6. The molecule has 220 valence electrons. The van der Waals surface area contributed by atoms with E-state index < -0.39 is 28.5 Å². The van der Waals surface area contributed by atoms with E-state index >= 15 is 0 Å². The smallest absolute Gasteiger partial charge is 0.264 e. The van der Waals surface area contributed by atoms with Crippen molar-refractivity contribution in [1.82, 2.24) is 10.2 Å². The number of unbranched alkanes of at least 4 members (excludes halogenated alkanes) is 1. The Morgan fingerprint density at radius 3 is 1.90 bits per heavy atom. The standard InChI is InChI=1S/C33H43N3O4S/c1-7-9-18-34-33(38)31(8-2)35(22-28-14-10-24(3)11-15-28)32(37)23-36(29-20-26(5)19-27(6)21-29)41(39,40)30-16-12-25(4)13-17-30/h10-17,19-21,31H,7-9,18,22-23H2,1-6H3,(H,34,38). The maximum atomic E-state index is 14.2. The maximum absolute atomic E-state index is 14.2. The van der Waals surface area contributed by atoms with Gasteiger partial charge in [0, 0.05) is 13.1 Å². The van der Waals surface area contributed by atoms with Gasteiger partial charge in [0.1, 0.15) is 12.6 Å². The summed E-state index contributed by atoms with van der Waals surface area (Å²) in [6.45, 7) is 11.8. The van der Waals surface area contributed by atoms with Crippen LogP contribution in [0.3, 0.4) is 0 Å². The van der Waals surface area contributed by atoms with E-state index in [0.717, 1.165) is 40.7 Å². The summed E-state index contributed by atoms with van der Waals surface area (Å²) < 4.78 is 29.3. The molecule has 1 unspecified atom stereocenters. The Morgan fingerprint density at radius 1 is 0.805 bits per heavy atom. The Morgan fingerprint density at radius 2 is 1.37 bits per heavy atom. The van der Waals surface area contributed by atoms with Crippen molar-refractivity contribution < 1.29 is 18.0 Å². The normalized spacial score (nSPS) is 12.0. The largest absolute Gasteiger partial charge is 0.354 e. The molecule has 0 aromatic heterocycles. The molecule has 3 rings (SSSR count). The summed E-state index contributed by atoms with van der Waals surface area (Å²) in [4.78, 5) is 29.1. The molecular weight excluding hydrogens is 534 g/mol. The van der Waals surface area contributed by atoms with Crippen LogP contribution >= 0.6 is 0 Å². The number of hydrogen-bond acceptors (Lipinski definition) is 4. The molecule has 1 N–H and O–H groups in total. The number of hydrogen-bond donors (Lipinski definition) is 1. The van der Waals surface area contributed by atoms with Gasteiger partial charge in [-0.2, -0.15) is 0 Å². The van der Waals surface area contributed by atoms with Crippen LogP contribution in [0.2, 0.25) is 0 Å². The molecule has 8 heteroatoms. The van der Waals surface area contributed by atoms with Crippen LogP contribution in [0.4, 0.5) is 5.69 Å². The Kier molecular flexibility index (Phi) is 11.1. The van der Waals surface area contributed by atoms with E-state index in [1.165, 1.54) is 9.21 Å². The van der Waals surface area contributed by atoms with Crippen molar-refractivity contribution in [1.29, 1.82) is 0 Å². The molecule has 0 spiro atoms. The number of sulfonamides is 1. The summed E-state index contributed by atoms with van der Waals surface area (Å²) in [6.07, 6.45) is 2.16. The molecule has 1 atom stereocenters. The van der Waals surface area contributed by atoms with Crippen molar-refractivity contribution >= 4 is 27.5 Å². The van der Waals surface area contributed by atoms with Crippen molar-refractivity contribution in [3.8, 4) is 0 Å². The van der Waals surface area contributed by atoms with Gasteiger partial charge in [-0.15, -0.1) is 0 Å². The molecule has 41 heavy (non-hydrogen) atoms. The van der Waals surface area contributed by atoms with Gasteiger partial charge in [0.15, 0.2) is 0 Å². The monoisotopic (exact) mass is 577 g/mol. The van der Waals surface area contributed by atoms with Crippen LogP contribution in [-0.2, 0) is 26.2 Å². The number of rotatable bonds is 13. The summed E-state index contributed by atoms with van der Waals surface area (Å²) in [5, 5.41) is 2.96. The lowest BCUT2D eigenvalue weighted by molar-refractivity contribution is -0.140. The third-order valence-electron chi connectivity index (χ3n) is 7.07. The highest BCUT2D eigenvalue weighted by Gasteiger charge is 2.33.